The number of H-pyrrole nitrogens is 1. The lowest BCUT2D eigenvalue weighted by molar-refractivity contribution is -0.117. The highest BCUT2D eigenvalue weighted by Gasteiger charge is 2.38. The molecule has 0 fully saturated rings. The van der Waals surface area contributed by atoms with Crippen LogP contribution in [-0.4, -0.2) is 23.0 Å². The minimum absolute atomic E-state index is 0.0375. The average molecular weight is 410 g/mol. The van der Waals surface area contributed by atoms with Gasteiger partial charge in [0.2, 0.25) is 5.91 Å². The van der Waals surface area contributed by atoms with Crippen LogP contribution >= 0.6 is 0 Å². The Morgan fingerprint density at radius 1 is 1.06 bits per heavy atom. The van der Waals surface area contributed by atoms with Gasteiger partial charge < -0.3 is 15.0 Å². The fourth-order valence-electron chi connectivity index (χ4n) is 3.63. The number of hydrogen-bond acceptors (Lipinski definition) is 4. The van der Waals surface area contributed by atoms with E-state index in [0.29, 0.717) is 17.9 Å². The fourth-order valence-corrected chi connectivity index (χ4v) is 3.63. The molecule has 0 radical (unpaired) electrons. The maximum Gasteiger partial charge on any atom is 0.226 e. The van der Waals surface area contributed by atoms with Gasteiger partial charge >= 0.3 is 0 Å². The molecular formula is C25H22N4O2. The number of imidazole rings is 1. The van der Waals surface area contributed by atoms with Crippen molar-refractivity contribution in [2.24, 2.45) is 0 Å². The van der Waals surface area contributed by atoms with Gasteiger partial charge in [-0.05, 0) is 48.4 Å². The monoisotopic (exact) mass is 410 g/mol. The Bertz CT molecular complexity index is 1190. The van der Waals surface area contributed by atoms with Crippen molar-refractivity contribution in [2.75, 3.05) is 12.4 Å². The van der Waals surface area contributed by atoms with Crippen molar-refractivity contribution in [1.29, 1.82) is 5.26 Å². The first-order chi connectivity index (χ1) is 15.1. The van der Waals surface area contributed by atoms with Crippen LogP contribution in [0.2, 0.25) is 0 Å². The van der Waals surface area contributed by atoms with E-state index in [-0.39, 0.29) is 12.3 Å². The van der Waals surface area contributed by atoms with Crippen molar-refractivity contribution in [2.45, 2.75) is 18.3 Å². The quantitative estimate of drug-likeness (QED) is 0.466. The molecule has 1 heterocycles. The minimum atomic E-state index is -1.16. The summed E-state index contributed by atoms with van der Waals surface area (Å²) in [6.07, 6.45) is 0.291. The van der Waals surface area contributed by atoms with Crippen LogP contribution in [-0.2, 0) is 16.6 Å². The van der Waals surface area contributed by atoms with E-state index in [0.717, 1.165) is 22.3 Å². The van der Waals surface area contributed by atoms with Gasteiger partial charge in [0.05, 0.1) is 30.6 Å². The molecule has 0 saturated heterocycles. The molecule has 1 atom stereocenters. The first kappa shape index (κ1) is 20.2. The van der Waals surface area contributed by atoms with Crippen LogP contribution in [0.15, 0.2) is 78.9 Å². The number of nitrogens with one attached hydrogen (secondary N) is 2. The molecule has 6 heteroatoms. The van der Waals surface area contributed by atoms with Gasteiger partial charge in [0, 0.05) is 5.69 Å². The zero-order chi connectivity index (χ0) is 21.7. The van der Waals surface area contributed by atoms with Crippen LogP contribution in [0.25, 0.3) is 11.0 Å². The molecule has 1 amide bonds. The fraction of sp³-hybridized carbons (Fsp3) is 0.160. The van der Waals surface area contributed by atoms with Gasteiger partial charge in [-0.15, -0.1) is 0 Å². The van der Waals surface area contributed by atoms with Crippen LogP contribution in [0.3, 0.4) is 0 Å². The van der Waals surface area contributed by atoms with Crippen molar-refractivity contribution in [3.8, 4) is 11.8 Å². The number of anilines is 1. The van der Waals surface area contributed by atoms with E-state index >= 15 is 0 Å². The number of aromatic amines is 1. The van der Waals surface area contributed by atoms with Crippen LogP contribution in [0.5, 0.6) is 5.75 Å². The first-order valence-corrected chi connectivity index (χ1v) is 9.96. The molecule has 0 unspecified atom stereocenters. The molecule has 154 valence electrons. The third kappa shape index (κ3) is 4.41. The summed E-state index contributed by atoms with van der Waals surface area (Å²) in [5, 5.41) is 13.2. The number of carbonyl (C=O) groups excluding carboxylic acids is 1. The molecule has 0 spiro atoms. The first-order valence-electron chi connectivity index (χ1n) is 9.96. The number of rotatable bonds is 7. The van der Waals surface area contributed by atoms with E-state index in [2.05, 4.69) is 21.4 Å². The summed E-state index contributed by atoms with van der Waals surface area (Å²) in [5.74, 6) is 0.966. The van der Waals surface area contributed by atoms with E-state index in [1.54, 1.807) is 7.11 Å². The number of benzene rings is 3. The molecule has 0 saturated carbocycles. The Kier molecular flexibility index (Phi) is 5.67. The summed E-state index contributed by atoms with van der Waals surface area (Å²) in [7, 11) is 1.61. The van der Waals surface area contributed by atoms with Gasteiger partial charge in [0.25, 0.3) is 0 Å². The van der Waals surface area contributed by atoms with Crippen molar-refractivity contribution in [3.63, 3.8) is 0 Å². The molecule has 3 aromatic carbocycles. The number of ether oxygens (including phenoxy) is 1. The van der Waals surface area contributed by atoms with E-state index in [9.17, 15) is 10.1 Å². The highest BCUT2D eigenvalue weighted by molar-refractivity contribution is 5.92. The third-order valence-electron chi connectivity index (χ3n) is 5.24. The number of para-hydroxylation sites is 3. The summed E-state index contributed by atoms with van der Waals surface area (Å²) >= 11 is 0. The number of nitrogens with zero attached hydrogens (tertiary/aromatic N) is 2. The average Bonchev–Trinajstić information content (AvgIpc) is 3.25. The van der Waals surface area contributed by atoms with Crippen LogP contribution in [0.1, 0.15) is 17.8 Å². The molecule has 6 nitrogen and oxygen atoms in total. The van der Waals surface area contributed by atoms with Gasteiger partial charge in [-0.2, -0.15) is 5.26 Å². The third-order valence-corrected chi connectivity index (χ3v) is 5.24. The van der Waals surface area contributed by atoms with Crippen molar-refractivity contribution in [3.05, 3.63) is 90.3 Å². The predicted molar refractivity (Wildman–Crippen MR) is 120 cm³/mol. The molecule has 4 aromatic rings. The van der Waals surface area contributed by atoms with Crippen LogP contribution < -0.4 is 10.1 Å². The predicted octanol–water partition coefficient (Wildman–Crippen LogP) is 4.60. The number of methoxy groups -OCH3 is 1. The SMILES string of the molecule is COc1ccc(C[C@@](C#N)(CC(=O)Nc2ccccc2)c2nc3ccccc3[nH]2)cc1. The number of carbonyl (C=O) groups is 1. The van der Waals surface area contributed by atoms with Gasteiger partial charge in [-0.25, -0.2) is 4.98 Å². The number of amides is 1. The number of hydrogen-bond donors (Lipinski definition) is 2. The summed E-state index contributed by atoms with van der Waals surface area (Å²) in [4.78, 5) is 20.9. The second kappa shape index (κ2) is 8.72. The Morgan fingerprint density at radius 3 is 2.45 bits per heavy atom. The zero-order valence-corrected chi connectivity index (χ0v) is 17.1. The van der Waals surface area contributed by atoms with Crippen LogP contribution in [0.4, 0.5) is 5.69 Å². The van der Waals surface area contributed by atoms with E-state index in [1.807, 2.05) is 78.9 Å². The minimum Gasteiger partial charge on any atom is -0.497 e. The van der Waals surface area contributed by atoms with Gasteiger partial charge in [-0.1, -0.05) is 42.5 Å². The summed E-state index contributed by atoms with van der Waals surface area (Å²) in [6, 6.07) is 26.7. The summed E-state index contributed by atoms with van der Waals surface area (Å²) < 4.78 is 5.23. The smallest absolute Gasteiger partial charge is 0.226 e. The van der Waals surface area contributed by atoms with Gasteiger partial charge in [0.15, 0.2) is 0 Å². The molecular weight excluding hydrogens is 388 g/mol. The second-order valence-corrected chi connectivity index (χ2v) is 7.41. The van der Waals surface area contributed by atoms with Gasteiger partial charge in [-0.3, -0.25) is 4.79 Å². The number of fused-ring (bicyclic) bond motifs is 1. The molecule has 2 N–H and O–H groups in total. The molecule has 0 bridgehead atoms. The lowest BCUT2D eigenvalue weighted by atomic mass is 9.78. The van der Waals surface area contributed by atoms with E-state index in [4.69, 9.17) is 4.74 Å². The molecule has 0 aliphatic rings. The Labute approximate surface area is 180 Å². The maximum absolute atomic E-state index is 12.9. The topological polar surface area (TPSA) is 90.8 Å². The summed E-state index contributed by atoms with van der Waals surface area (Å²) in [6.45, 7) is 0. The molecule has 1 aromatic heterocycles. The molecule has 4 rings (SSSR count). The van der Waals surface area contributed by atoms with Crippen LogP contribution in [0, 0.1) is 11.3 Å². The number of nitriles is 1. The second-order valence-electron chi connectivity index (χ2n) is 7.41. The van der Waals surface area contributed by atoms with E-state index < -0.39 is 5.41 Å². The Balaban J connectivity index is 1.70. The number of aromatic nitrogens is 2. The van der Waals surface area contributed by atoms with E-state index in [1.165, 1.54) is 0 Å². The largest absolute Gasteiger partial charge is 0.497 e. The Hall–Kier alpha value is -4.11. The molecule has 0 aliphatic heterocycles. The standard InChI is InChI=1S/C25H22N4O2/c1-31-20-13-11-18(12-14-20)15-25(17-26,16-23(30)27-19-7-3-2-4-8-19)24-28-21-9-5-6-10-22(21)29-24/h2-14H,15-16H2,1H3,(H,27,30)(H,28,29)/t25-/m0/s1. The Morgan fingerprint density at radius 2 is 1.77 bits per heavy atom. The highest BCUT2D eigenvalue weighted by atomic mass is 16.5. The molecule has 0 aliphatic carbocycles. The maximum atomic E-state index is 12.9. The van der Waals surface area contributed by atoms with Crippen molar-refractivity contribution >= 4 is 22.6 Å². The van der Waals surface area contributed by atoms with Crippen molar-refractivity contribution < 1.29 is 9.53 Å². The highest BCUT2D eigenvalue weighted by Crippen LogP contribution is 2.32. The molecule has 31 heavy (non-hydrogen) atoms. The zero-order valence-electron chi connectivity index (χ0n) is 17.1. The lowest BCUT2D eigenvalue weighted by Crippen LogP contribution is -2.34. The summed E-state index contributed by atoms with van der Waals surface area (Å²) in [5.41, 5.74) is 2.03. The van der Waals surface area contributed by atoms with Crippen molar-refractivity contribution in [1.82, 2.24) is 9.97 Å². The van der Waals surface area contributed by atoms with Gasteiger partial charge in [0.1, 0.15) is 17.0 Å². The lowest BCUT2D eigenvalue weighted by Gasteiger charge is -2.24. The normalized spacial score (nSPS) is 12.6.